The van der Waals surface area contributed by atoms with Gasteiger partial charge in [-0.05, 0) is 52.9 Å². The quantitative estimate of drug-likeness (QED) is 0.681. The van der Waals surface area contributed by atoms with Crippen molar-refractivity contribution in [3.8, 4) is 11.4 Å². The highest BCUT2D eigenvalue weighted by molar-refractivity contribution is 7.99. The lowest BCUT2D eigenvalue weighted by atomic mass is 10.3. The Labute approximate surface area is 147 Å². The summed E-state index contributed by atoms with van der Waals surface area (Å²) in [6.45, 7) is 0. The van der Waals surface area contributed by atoms with Crippen LogP contribution in [0.4, 0.5) is 10.1 Å². The molecule has 0 radical (unpaired) electrons. The number of carbonyl (C=O) groups is 1. The Morgan fingerprint density at radius 3 is 2.80 bits per heavy atom. The van der Waals surface area contributed by atoms with E-state index in [1.807, 2.05) is 12.1 Å². The molecule has 1 aromatic heterocycles. The van der Waals surface area contributed by atoms with Gasteiger partial charge in [-0.25, -0.2) is 4.39 Å². The first kappa shape index (κ1) is 16.9. The van der Waals surface area contributed by atoms with E-state index in [1.54, 1.807) is 25.3 Å². The van der Waals surface area contributed by atoms with Crippen molar-refractivity contribution >= 4 is 23.4 Å². The summed E-state index contributed by atoms with van der Waals surface area (Å²) in [6.07, 6.45) is 0. The Kier molecular flexibility index (Phi) is 5.24. The van der Waals surface area contributed by atoms with Crippen LogP contribution >= 0.6 is 11.8 Å². The van der Waals surface area contributed by atoms with Gasteiger partial charge in [0.1, 0.15) is 11.6 Å². The number of benzene rings is 2. The molecule has 1 heterocycles. The van der Waals surface area contributed by atoms with Gasteiger partial charge in [0.15, 0.2) is 0 Å². The molecular weight excluding hydrogens is 345 g/mol. The number of nitrogens with one attached hydrogen (secondary N) is 1. The van der Waals surface area contributed by atoms with Gasteiger partial charge in [0.05, 0.1) is 18.6 Å². The van der Waals surface area contributed by atoms with Crippen molar-refractivity contribution < 1.29 is 13.9 Å². The normalized spacial score (nSPS) is 10.5. The molecule has 128 valence electrons. The van der Waals surface area contributed by atoms with Gasteiger partial charge < -0.3 is 10.1 Å². The summed E-state index contributed by atoms with van der Waals surface area (Å²) in [5.74, 6) is 0.127. The molecule has 0 atom stereocenters. The molecular formula is C16H14FN5O2S. The van der Waals surface area contributed by atoms with E-state index in [9.17, 15) is 9.18 Å². The van der Waals surface area contributed by atoms with Crippen molar-refractivity contribution in [3.63, 3.8) is 0 Å². The Hall–Kier alpha value is -2.94. The topological polar surface area (TPSA) is 81.9 Å². The van der Waals surface area contributed by atoms with Crippen LogP contribution in [0.5, 0.6) is 5.75 Å². The largest absolute Gasteiger partial charge is 0.497 e. The van der Waals surface area contributed by atoms with Gasteiger partial charge >= 0.3 is 0 Å². The number of ether oxygens (including phenoxy) is 1. The molecule has 0 bridgehead atoms. The fraction of sp³-hybridized carbons (Fsp3) is 0.125. The van der Waals surface area contributed by atoms with Crippen molar-refractivity contribution in [1.29, 1.82) is 0 Å². The fourth-order valence-corrected chi connectivity index (χ4v) is 2.74. The molecule has 25 heavy (non-hydrogen) atoms. The number of methoxy groups -OCH3 is 1. The van der Waals surface area contributed by atoms with Crippen LogP contribution in [0.1, 0.15) is 0 Å². The second-order valence-corrected chi connectivity index (χ2v) is 5.86. The van der Waals surface area contributed by atoms with Crippen LogP contribution < -0.4 is 10.1 Å². The van der Waals surface area contributed by atoms with Gasteiger partial charge in [-0.2, -0.15) is 4.68 Å². The Balaban J connectivity index is 1.64. The molecule has 0 aliphatic carbocycles. The first-order chi connectivity index (χ1) is 12.2. The summed E-state index contributed by atoms with van der Waals surface area (Å²) < 4.78 is 19.8. The van der Waals surface area contributed by atoms with Crippen LogP contribution in [0.25, 0.3) is 5.69 Å². The highest BCUT2D eigenvalue weighted by atomic mass is 32.2. The number of rotatable bonds is 6. The predicted octanol–water partition coefficient (Wildman–Crippen LogP) is 2.54. The van der Waals surface area contributed by atoms with Crippen molar-refractivity contribution in [2.75, 3.05) is 18.2 Å². The molecule has 2 aromatic carbocycles. The SMILES string of the molecule is COc1ccc(-n2nnnc2SCC(=O)Nc2cccc(F)c2)cc1. The molecule has 1 N–H and O–H groups in total. The summed E-state index contributed by atoms with van der Waals surface area (Å²) in [5, 5.41) is 14.6. The van der Waals surface area contributed by atoms with Crippen LogP contribution in [-0.4, -0.2) is 39.0 Å². The number of hydrogen-bond acceptors (Lipinski definition) is 6. The van der Waals surface area contributed by atoms with Crippen molar-refractivity contribution in [2.24, 2.45) is 0 Å². The summed E-state index contributed by atoms with van der Waals surface area (Å²) >= 11 is 1.18. The lowest BCUT2D eigenvalue weighted by molar-refractivity contribution is -0.113. The molecule has 0 saturated heterocycles. The monoisotopic (exact) mass is 359 g/mol. The van der Waals surface area contributed by atoms with Crippen molar-refractivity contribution in [2.45, 2.75) is 5.16 Å². The zero-order valence-electron chi connectivity index (χ0n) is 13.2. The van der Waals surface area contributed by atoms with E-state index in [-0.39, 0.29) is 11.7 Å². The molecule has 0 fully saturated rings. The number of hydrogen-bond donors (Lipinski definition) is 1. The van der Waals surface area contributed by atoms with Crippen LogP contribution in [0, 0.1) is 5.82 Å². The predicted molar refractivity (Wildman–Crippen MR) is 91.5 cm³/mol. The highest BCUT2D eigenvalue weighted by Gasteiger charge is 2.12. The zero-order chi connectivity index (χ0) is 17.6. The van der Waals surface area contributed by atoms with Crippen LogP contribution in [0.15, 0.2) is 53.7 Å². The molecule has 3 aromatic rings. The highest BCUT2D eigenvalue weighted by Crippen LogP contribution is 2.20. The molecule has 0 aliphatic heterocycles. The lowest BCUT2D eigenvalue weighted by Gasteiger charge is -2.06. The molecule has 9 heteroatoms. The zero-order valence-corrected chi connectivity index (χ0v) is 14.0. The maximum absolute atomic E-state index is 13.1. The van der Waals surface area contributed by atoms with Gasteiger partial charge in [0.2, 0.25) is 11.1 Å². The number of halogens is 1. The molecule has 7 nitrogen and oxygen atoms in total. The Bertz CT molecular complexity index is 869. The lowest BCUT2D eigenvalue weighted by Crippen LogP contribution is -2.14. The summed E-state index contributed by atoms with van der Waals surface area (Å²) in [6, 6.07) is 12.9. The number of tetrazole rings is 1. The van der Waals surface area contributed by atoms with E-state index >= 15 is 0 Å². The maximum atomic E-state index is 13.1. The Morgan fingerprint density at radius 1 is 1.28 bits per heavy atom. The number of aromatic nitrogens is 4. The third-order valence-corrected chi connectivity index (χ3v) is 4.12. The second kappa shape index (κ2) is 7.75. The van der Waals surface area contributed by atoms with Gasteiger partial charge in [-0.15, -0.1) is 5.10 Å². The van der Waals surface area contributed by atoms with Gasteiger partial charge in [-0.3, -0.25) is 4.79 Å². The average Bonchev–Trinajstić information content (AvgIpc) is 3.08. The van der Waals surface area contributed by atoms with Gasteiger partial charge in [-0.1, -0.05) is 17.8 Å². The van der Waals surface area contributed by atoms with Gasteiger partial charge in [0, 0.05) is 5.69 Å². The standard InChI is InChI=1S/C16H14FN5O2S/c1-24-14-7-5-13(6-8-14)22-16(19-20-21-22)25-10-15(23)18-12-4-2-3-11(17)9-12/h2-9H,10H2,1H3,(H,18,23). The average molecular weight is 359 g/mol. The third-order valence-electron chi connectivity index (χ3n) is 3.20. The van der Waals surface area contributed by atoms with E-state index in [1.165, 1.54) is 34.6 Å². The van der Waals surface area contributed by atoms with Crippen LogP contribution in [-0.2, 0) is 4.79 Å². The van der Waals surface area contributed by atoms with Crippen molar-refractivity contribution in [1.82, 2.24) is 20.2 Å². The van der Waals surface area contributed by atoms with Crippen molar-refractivity contribution in [3.05, 3.63) is 54.3 Å². The molecule has 0 spiro atoms. The number of amides is 1. The fourth-order valence-electron chi connectivity index (χ4n) is 2.05. The molecule has 1 amide bonds. The maximum Gasteiger partial charge on any atom is 0.234 e. The summed E-state index contributed by atoms with van der Waals surface area (Å²) in [7, 11) is 1.59. The number of nitrogens with zero attached hydrogens (tertiary/aromatic N) is 4. The molecule has 3 rings (SSSR count). The number of carbonyl (C=O) groups excluding carboxylic acids is 1. The van der Waals surface area contributed by atoms with Gasteiger partial charge in [0.25, 0.3) is 0 Å². The summed E-state index contributed by atoms with van der Waals surface area (Å²) in [4.78, 5) is 12.0. The Morgan fingerprint density at radius 2 is 2.08 bits per heavy atom. The number of thioether (sulfide) groups is 1. The minimum Gasteiger partial charge on any atom is -0.497 e. The van der Waals surface area contributed by atoms with E-state index in [0.717, 1.165) is 11.4 Å². The number of anilines is 1. The molecule has 0 aliphatic rings. The first-order valence-electron chi connectivity index (χ1n) is 7.27. The third kappa shape index (κ3) is 4.32. The van der Waals surface area contributed by atoms with E-state index in [2.05, 4.69) is 20.8 Å². The van der Waals surface area contributed by atoms with Crippen LogP contribution in [0.3, 0.4) is 0 Å². The first-order valence-corrected chi connectivity index (χ1v) is 8.25. The minimum absolute atomic E-state index is 0.0903. The summed E-state index contributed by atoms with van der Waals surface area (Å²) in [5.41, 5.74) is 1.15. The minimum atomic E-state index is -0.408. The van der Waals surface area contributed by atoms with E-state index in [0.29, 0.717) is 10.8 Å². The molecule has 0 unspecified atom stereocenters. The smallest absolute Gasteiger partial charge is 0.234 e. The van der Waals surface area contributed by atoms with E-state index < -0.39 is 5.82 Å². The molecule has 0 saturated carbocycles. The van der Waals surface area contributed by atoms with E-state index in [4.69, 9.17) is 4.74 Å². The second-order valence-electron chi connectivity index (χ2n) is 4.92. The van der Waals surface area contributed by atoms with Crippen LogP contribution in [0.2, 0.25) is 0 Å².